The summed E-state index contributed by atoms with van der Waals surface area (Å²) in [5.74, 6) is 1.73. The van der Waals surface area contributed by atoms with Gasteiger partial charge in [0.15, 0.2) is 0 Å². The van der Waals surface area contributed by atoms with Gasteiger partial charge in [-0.05, 0) is 57.0 Å². The Kier molecular flexibility index (Phi) is 6.13. The summed E-state index contributed by atoms with van der Waals surface area (Å²) in [6, 6.07) is 8.15. The molecule has 2 aliphatic heterocycles. The summed E-state index contributed by atoms with van der Waals surface area (Å²) in [5, 5.41) is 8.15. The maximum absolute atomic E-state index is 13.1. The van der Waals surface area contributed by atoms with E-state index >= 15 is 0 Å². The minimum atomic E-state index is 0.0212. The summed E-state index contributed by atoms with van der Waals surface area (Å²) < 4.78 is 1.95. The van der Waals surface area contributed by atoms with Crippen molar-refractivity contribution in [3.05, 3.63) is 41.9 Å². The number of rotatable bonds is 5. The van der Waals surface area contributed by atoms with Crippen molar-refractivity contribution in [2.75, 3.05) is 38.1 Å². The molecule has 0 saturated carbocycles. The fraction of sp³-hybridized carbons (Fsp3) is 0.591. The fourth-order valence-electron chi connectivity index (χ4n) is 4.56. The molecule has 29 heavy (non-hydrogen) atoms. The first-order valence-electron chi connectivity index (χ1n) is 10.8. The van der Waals surface area contributed by atoms with Gasteiger partial charge in [-0.2, -0.15) is 5.10 Å². The lowest BCUT2D eigenvalue weighted by molar-refractivity contribution is -0.135. The number of nitrogens with zero attached hydrogens (tertiary/aromatic N) is 5. The van der Waals surface area contributed by atoms with Crippen LogP contribution in [0.2, 0.25) is 0 Å². The van der Waals surface area contributed by atoms with Crippen molar-refractivity contribution in [3.8, 4) is 0 Å². The molecule has 0 radical (unpaired) electrons. The van der Waals surface area contributed by atoms with Crippen molar-refractivity contribution in [1.29, 1.82) is 0 Å². The van der Waals surface area contributed by atoms with Crippen LogP contribution in [0.15, 0.2) is 30.5 Å². The van der Waals surface area contributed by atoms with Crippen LogP contribution < -0.4 is 10.2 Å². The summed E-state index contributed by atoms with van der Waals surface area (Å²) in [6.07, 6.45) is 6.05. The molecule has 2 fully saturated rings. The molecule has 4 rings (SSSR count). The van der Waals surface area contributed by atoms with Crippen molar-refractivity contribution in [2.24, 2.45) is 13.0 Å². The Balaban J connectivity index is 1.38. The number of amides is 1. The van der Waals surface area contributed by atoms with E-state index in [0.717, 1.165) is 63.4 Å². The van der Waals surface area contributed by atoms with Gasteiger partial charge in [0.2, 0.25) is 5.91 Å². The SMILES string of the molecule is CN(Cc1cc(C2CCNCC2)nn1C)C(=O)[C@H]1CCCN(c2ccccn2)C1. The number of anilines is 1. The number of aryl methyl sites for hydroxylation is 1. The van der Waals surface area contributed by atoms with Crippen molar-refractivity contribution >= 4 is 11.7 Å². The molecule has 0 aliphatic carbocycles. The number of pyridine rings is 1. The first-order chi connectivity index (χ1) is 14.1. The molecule has 1 N–H and O–H groups in total. The standard InChI is InChI=1S/C22H32N6O/c1-26(16-19-14-20(25-27(19)2)17-8-11-23-12-9-17)22(29)18-6-5-13-28(15-18)21-7-3-4-10-24-21/h3-4,7,10,14,17-18,23H,5-6,8-9,11-13,15-16H2,1-2H3/t18-/m0/s1. The molecular formula is C22H32N6O. The van der Waals surface area contributed by atoms with E-state index in [1.807, 2.05) is 48.1 Å². The van der Waals surface area contributed by atoms with E-state index in [4.69, 9.17) is 5.10 Å². The van der Waals surface area contributed by atoms with E-state index in [2.05, 4.69) is 21.3 Å². The number of aromatic nitrogens is 3. The smallest absolute Gasteiger partial charge is 0.227 e. The molecule has 7 heteroatoms. The van der Waals surface area contributed by atoms with Crippen LogP contribution in [0.25, 0.3) is 0 Å². The third kappa shape index (κ3) is 4.61. The number of carbonyl (C=O) groups excluding carboxylic acids is 1. The molecule has 2 aromatic heterocycles. The van der Waals surface area contributed by atoms with Gasteiger partial charge in [0.1, 0.15) is 5.82 Å². The Morgan fingerprint density at radius 1 is 1.28 bits per heavy atom. The molecule has 2 saturated heterocycles. The Morgan fingerprint density at radius 3 is 2.86 bits per heavy atom. The molecule has 156 valence electrons. The Morgan fingerprint density at radius 2 is 2.10 bits per heavy atom. The lowest BCUT2D eigenvalue weighted by atomic mass is 9.94. The first-order valence-corrected chi connectivity index (χ1v) is 10.8. The van der Waals surface area contributed by atoms with Crippen molar-refractivity contribution < 1.29 is 4.79 Å². The molecule has 2 aromatic rings. The van der Waals surface area contributed by atoms with Gasteiger partial charge < -0.3 is 15.1 Å². The second-order valence-corrected chi connectivity index (χ2v) is 8.38. The zero-order valence-corrected chi connectivity index (χ0v) is 17.5. The van der Waals surface area contributed by atoms with E-state index in [9.17, 15) is 4.79 Å². The van der Waals surface area contributed by atoms with Crippen molar-refractivity contribution in [3.63, 3.8) is 0 Å². The molecule has 0 spiro atoms. The van der Waals surface area contributed by atoms with Crippen LogP contribution in [-0.2, 0) is 18.4 Å². The molecule has 2 aliphatic rings. The zero-order valence-electron chi connectivity index (χ0n) is 17.5. The van der Waals surface area contributed by atoms with Crippen LogP contribution in [0, 0.1) is 5.92 Å². The quantitative estimate of drug-likeness (QED) is 0.839. The van der Waals surface area contributed by atoms with Crippen LogP contribution in [-0.4, -0.2) is 58.8 Å². The Hall–Kier alpha value is -2.41. The van der Waals surface area contributed by atoms with E-state index in [-0.39, 0.29) is 11.8 Å². The highest BCUT2D eigenvalue weighted by molar-refractivity contribution is 5.79. The topological polar surface area (TPSA) is 66.3 Å². The minimum Gasteiger partial charge on any atom is -0.356 e. The fourth-order valence-corrected chi connectivity index (χ4v) is 4.56. The van der Waals surface area contributed by atoms with Gasteiger partial charge >= 0.3 is 0 Å². The third-order valence-corrected chi connectivity index (χ3v) is 6.27. The largest absolute Gasteiger partial charge is 0.356 e. The molecule has 1 amide bonds. The highest BCUT2D eigenvalue weighted by Crippen LogP contribution is 2.26. The predicted octanol–water partition coefficient (Wildman–Crippen LogP) is 2.16. The molecule has 0 unspecified atom stereocenters. The van der Waals surface area contributed by atoms with Gasteiger partial charge in [-0.3, -0.25) is 9.48 Å². The second kappa shape index (κ2) is 8.95. The highest BCUT2D eigenvalue weighted by Gasteiger charge is 2.29. The van der Waals surface area contributed by atoms with Crippen LogP contribution in [0.4, 0.5) is 5.82 Å². The van der Waals surface area contributed by atoms with Gasteiger partial charge in [-0.25, -0.2) is 4.98 Å². The molecular weight excluding hydrogens is 364 g/mol. The van der Waals surface area contributed by atoms with Gasteiger partial charge in [-0.15, -0.1) is 0 Å². The molecule has 4 heterocycles. The average Bonchev–Trinajstić information content (AvgIpc) is 3.14. The molecule has 1 atom stereocenters. The predicted molar refractivity (Wildman–Crippen MR) is 114 cm³/mol. The summed E-state index contributed by atoms with van der Waals surface area (Å²) >= 11 is 0. The normalized spacial score (nSPS) is 20.6. The first kappa shape index (κ1) is 19.9. The van der Waals surface area contributed by atoms with Crippen LogP contribution in [0.5, 0.6) is 0 Å². The Bertz CT molecular complexity index is 814. The van der Waals surface area contributed by atoms with Crippen LogP contribution in [0.1, 0.15) is 43.0 Å². The third-order valence-electron chi connectivity index (χ3n) is 6.27. The van der Waals surface area contributed by atoms with Gasteiger partial charge in [0.05, 0.1) is 23.9 Å². The van der Waals surface area contributed by atoms with E-state index in [1.54, 1.807) is 0 Å². The molecule has 7 nitrogen and oxygen atoms in total. The van der Waals surface area contributed by atoms with Crippen LogP contribution in [0.3, 0.4) is 0 Å². The number of hydrogen-bond acceptors (Lipinski definition) is 5. The number of hydrogen-bond donors (Lipinski definition) is 1. The average molecular weight is 397 g/mol. The van der Waals surface area contributed by atoms with Crippen LogP contribution >= 0.6 is 0 Å². The maximum atomic E-state index is 13.1. The van der Waals surface area contributed by atoms with Crippen molar-refractivity contribution in [2.45, 2.75) is 38.1 Å². The highest BCUT2D eigenvalue weighted by atomic mass is 16.2. The lowest BCUT2D eigenvalue weighted by Gasteiger charge is -2.34. The molecule has 0 bridgehead atoms. The Labute approximate surface area is 173 Å². The summed E-state index contributed by atoms with van der Waals surface area (Å²) in [4.78, 5) is 21.7. The summed E-state index contributed by atoms with van der Waals surface area (Å²) in [5.41, 5.74) is 2.27. The zero-order chi connectivity index (χ0) is 20.2. The van der Waals surface area contributed by atoms with Crippen molar-refractivity contribution in [1.82, 2.24) is 25.0 Å². The summed E-state index contributed by atoms with van der Waals surface area (Å²) in [7, 11) is 3.90. The monoisotopic (exact) mass is 396 g/mol. The van der Waals surface area contributed by atoms with E-state index < -0.39 is 0 Å². The number of piperidine rings is 2. The van der Waals surface area contributed by atoms with Gasteiger partial charge in [0, 0.05) is 39.3 Å². The number of carbonyl (C=O) groups is 1. The number of nitrogens with one attached hydrogen (secondary N) is 1. The summed E-state index contributed by atoms with van der Waals surface area (Å²) in [6.45, 7) is 4.43. The van der Waals surface area contributed by atoms with Gasteiger partial charge in [0.25, 0.3) is 0 Å². The maximum Gasteiger partial charge on any atom is 0.227 e. The van der Waals surface area contributed by atoms with Gasteiger partial charge in [-0.1, -0.05) is 6.07 Å². The molecule has 0 aromatic carbocycles. The second-order valence-electron chi connectivity index (χ2n) is 8.38. The van der Waals surface area contributed by atoms with E-state index in [0.29, 0.717) is 12.5 Å². The lowest BCUT2D eigenvalue weighted by Crippen LogP contribution is -2.44. The van der Waals surface area contributed by atoms with E-state index in [1.165, 1.54) is 5.69 Å². The minimum absolute atomic E-state index is 0.0212.